The Hall–Kier alpha value is -2.21. The monoisotopic (exact) mass is 236 g/mol. The minimum Gasteiger partial charge on any atom is -0.493 e. The lowest BCUT2D eigenvalue weighted by Crippen LogP contribution is -2.13. The Bertz CT molecular complexity index is 541. The van der Waals surface area contributed by atoms with Gasteiger partial charge in [0, 0.05) is 0 Å². The Labute approximate surface area is 96.7 Å². The zero-order chi connectivity index (χ0) is 12.3. The second kappa shape index (κ2) is 4.75. The highest BCUT2D eigenvalue weighted by Crippen LogP contribution is 2.15. The standard InChI is InChI=1S/C11H12N2O4/c14-5-6-17-9-3-1-8(2-4-9)13-7-10(15)12-11(13)16/h1-4,7,14-15H,5-6H2,(H,12,16). The number of rotatable bonds is 4. The van der Waals surface area contributed by atoms with Gasteiger partial charge in [-0.1, -0.05) is 0 Å². The van der Waals surface area contributed by atoms with Crippen LogP contribution in [0, 0.1) is 0 Å². The first-order chi connectivity index (χ1) is 8.20. The molecule has 2 aromatic rings. The molecule has 90 valence electrons. The summed E-state index contributed by atoms with van der Waals surface area (Å²) in [6, 6.07) is 6.73. The molecule has 6 heteroatoms. The summed E-state index contributed by atoms with van der Waals surface area (Å²) >= 11 is 0. The number of nitrogens with one attached hydrogen (secondary N) is 1. The first kappa shape index (κ1) is 11.3. The first-order valence-electron chi connectivity index (χ1n) is 5.05. The molecule has 0 unspecified atom stereocenters. The van der Waals surface area contributed by atoms with Crippen LogP contribution in [0.3, 0.4) is 0 Å². The fraction of sp³-hybridized carbons (Fsp3) is 0.182. The van der Waals surface area contributed by atoms with Crippen molar-refractivity contribution in [2.75, 3.05) is 13.2 Å². The van der Waals surface area contributed by atoms with Crippen molar-refractivity contribution in [3.8, 4) is 17.3 Å². The van der Waals surface area contributed by atoms with Crippen molar-refractivity contribution >= 4 is 0 Å². The molecule has 0 spiro atoms. The van der Waals surface area contributed by atoms with E-state index in [9.17, 15) is 4.79 Å². The number of hydrogen-bond donors (Lipinski definition) is 3. The van der Waals surface area contributed by atoms with Crippen LogP contribution in [0.5, 0.6) is 11.6 Å². The second-order valence-corrected chi connectivity index (χ2v) is 3.38. The molecule has 1 heterocycles. The highest BCUT2D eigenvalue weighted by Gasteiger charge is 2.03. The molecular formula is C11H12N2O4. The van der Waals surface area contributed by atoms with Gasteiger partial charge in [0.25, 0.3) is 0 Å². The number of aliphatic hydroxyl groups excluding tert-OH is 1. The van der Waals surface area contributed by atoms with Gasteiger partial charge in [0.05, 0.1) is 18.5 Å². The number of hydrogen-bond acceptors (Lipinski definition) is 4. The molecule has 0 radical (unpaired) electrons. The Morgan fingerprint density at radius 3 is 2.53 bits per heavy atom. The van der Waals surface area contributed by atoms with Gasteiger partial charge in [-0.15, -0.1) is 0 Å². The Morgan fingerprint density at radius 2 is 2.00 bits per heavy atom. The summed E-state index contributed by atoms with van der Waals surface area (Å²) < 4.78 is 6.47. The van der Waals surface area contributed by atoms with E-state index in [1.807, 2.05) is 0 Å². The summed E-state index contributed by atoms with van der Waals surface area (Å²) in [6.07, 6.45) is 1.30. The van der Waals surface area contributed by atoms with Crippen molar-refractivity contribution < 1.29 is 14.9 Å². The lowest BCUT2D eigenvalue weighted by atomic mass is 10.3. The summed E-state index contributed by atoms with van der Waals surface area (Å²) in [4.78, 5) is 13.6. The zero-order valence-corrected chi connectivity index (χ0v) is 8.96. The SMILES string of the molecule is O=c1[nH]c(O)cn1-c1ccc(OCCO)cc1. The molecule has 0 fully saturated rings. The molecule has 0 aliphatic carbocycles. The predicted molar refractivity (Wildman–Crippen MR) is 60.6 cm³/mol. The maximum atomic E-state index is 11.4. The first-order valence-corrected chi connectivity index (χ1v) is 5.05. The third-order valence-corrected chi connectivity index (χ3v) is 2.18. The van der Waals surface area contributed by atoms with Gasteiger partial charge in [-0.25, -0.2) is 4.79 Å². The van der Waals surface area contributed by atoms with Gasteiger partial charge >= 0.3 is 5.69 Å². The van der Waals surface area contributed by atoms with Crippen LogP contribution in [0.2, 0.25) is 0 Å². The van der Waals surface area contributed by atoms with Gasteiger partial charge in [-0.2, -0.15) is 0 Å². The van der Waals surface area contributed by atoms with Crippen LogP contribution in [0.4, 0.5) is 0 Å². The number of aromatic nitrogens is 2. The third kappa shape index (κ3) is 2.48. The molecule has 0 atom stereocenters. The Kier molecular flexibility index (Phi) is 3.15. The van der Waals surface area contributed by atoms with E-state index in [0.717, 1.165) is 0 Å². The summed E-state index contributed by atoms with van der Waals surface area (Å²) in [6.45, 7) is 0.178. The van der Waals surface area contributed by atoms with Gasteiger partial charge in [0.15, 0.2) is 0 Å². The molecule has 0 saturated carbocycles. The molecule has 0 amide bonds. The maximum Gasteiger partial charge on any atom is 0.332 e. The lowest BCUT2D eigenvalue weighted by molar-refractivity contribution is 0.201. The highest BCUT2D eigenvalue weighted by atomic mass is 16.5. The number of ether oxygens (including phenoxy) is 1. The van der Waals surface area contributed by atoms with E-state index >= 15 is 0 Å². The number of imidazole rings is 1. The molecule has 0 bridgehead atoms. The van der Waals surface area contributed by atoms with Gasteiger partial charge in [0.1, 0.15) is 12.4 Å². The summed E-state index contributed by atoms with van der Waals surface area (Å²) in [7, 11) is 0. The number of aromatic hydroxyl groups is 1. The molecule has 0 aliphatic heterocycles. The highest BCUT2D eigenvalue weighted by molar-refractivity contribution is 5.38. The Balaban J connectivity index is 2.23. The predicted octanol–water partition coefficient (Wildman–Crippen LogP) is 0.242. The topological polar surface area (TPSA) is 87.5 Å². The maximum absolute atomic E-state index is 11.4. The van der Waals surface area contributed by atoms with Gasteiger partial charge < -0.3 is 14.9 Å². The van der Waals surface area contributed by atoms with Crippen molar-refractivity contribution in [2.45, 2.75) is 0 Å². The number of aromatic amines is 1. The number of aliphatic hydroxyl groups is 1. The fourth-order valence-corrected chi connectivity index (χ4v) is 1.44. The molecule has 0 saturated heterocycles. The van der Waals surface area contributed by atoms with Crippen LogP contribution in [-0.4, -0.2) is 33.0 Å². The largest absolute Gasteiger partial charge is 0.493 e. The van der Waals surface area contributed by atoms with Crippen molar-refractivity contribution in [1.29, 1.82) is 0 Å². The average molecular weight is 236 g/mol. The smallest absolute Gasteiger partial charge is 0.332 e. The van der Waals surface area contributed by atoms with E-state index in [0.29, 0.717) is 11.4 Å². The molecule has 3 N–H and O–H groups in total. The number of benzene rings is 1. The Morgan fingerprint density at radius 1 is 1.29 bits per heavy atom. The minimum atomic E-state index is -0.411. The zero-order valence-electron chi connectivity index (χ0n) is 8.96. The van der Waals surface area contributed by atoms with E-state index in [-0.39, 0.29) is 19.1 Å². The molecule has 2 rings (SSSR count). The van der Waals surface area contributed by atoms with Gasteiger partial charge in [-0.05, 0) is 24.3 Å². The minimum absolute atomic E-state index is 0.0487. The summed E-state index contributed by atoms with van der Waals surface area (Å²) in [5.74, 6) is 0.422. The van der Waals surface area contributed by atoms with E-state index in [1.54, 1.807) is 24.3 Å². The number of nitrogens with zero attached hydrogens (tertiary/aromatic N) is 1. The van der Waals surface area contributed by atoms with Crippen molar-refractivity contribution in [1.82, 2.24) is 9.55 Å². The quantitative estimate of drug-likeness (QED) is 0.709. The molecular weight excluding hydrogens is 224 g/mol. The number of H-pyrrole nitrogens is 1. The fourth-order valence-electron chi connectivity index (χ4n) is 1.44. The summed E-state index contributed by atoms with van der Waals surface area (Å²) in [5.41, 5.74) is 0.203. The molecule has 0 aliphatic rings. The summed E-state index contributed by atoms with van der Waals surface area (Å²) in [5, 5.41) is 17.7. The van der Waals surface area contributed by atoms with Gasteiger partial charge in [-0.3, -0.25) is 9.55 Å². The van der Waals surface area contributed by atoms with Crippen LogP contribution in [-0.2, 0) is 0 Å². The molecule has 17 heavy (non-hydrogen) atoms. The van der Waals surface area contributed by atoms with Crippen molar-refractivity contribution in [3.63, 3.8) is 0 Å². The van der Waals surface area contributed by atoms with Crippen LogP contribution in [0.15, 0.2) is 35.3 Å². The van der Waals surface area contributed by atoms with Crippen LogP contribution in [0.1, 0.15) is 0 Å². The normalized spacial score (nSPS) is 10.4. The van der Waals surface area contributed by atoms with Crippen molar-refractivity contribution in [3.05, 3.63) is 40.9 Å². The molecule has 6 nitrogen and oxygen atoms in total. The van der Waals surface area contributed by atoms with Crippen LogP contribution >= 0.6 is 0 Å². The van der Waals surface area contributed by atoms with Gasteiger partial charge in [0.2, 0.25) is 5.88 Å². The van der Waals surface area contributed by atoms with E-state index < -0.39 is 5.69 Å². The van der Waals surface area contributed by atoms with E-state index in [1.165, 1.54) is 10.8 Å². The average Bonchev–Trinajstić information content (AvgIpc) is 2.66. The third-order valence-electron chi connectivity index (χ3n) is 2.18. The van der Waals surface area contributed by atoms with Crippen LogP contribution in [0.25, 0.3) is 5.69 Å². The van der Waals surface area contributed by atoms with Crippen LogP contribution < -0.4 is 10.4 Å². The molecule has 1 aromatic carbocycles. The van der Waals surface area contributed by atoms with E-state index in [4.69, 9.17) is 14.9 Å². The van der Waals surface area contributed by atoms with E-state index in [2.05, 4.69) is 4.98 Å². The van der Waals surface area contributed by atoms with Crippen molar-refractivity contribution in [2.24, 2.45) is 0 Å². The lowest BCUT2D eigenvalue weighted by Gasteiger charge is -2.05. The molecule has 1 aromatic heterocycles. The second-order valence-electron chi connectivity index (χ2n) is 3.38.